The number of aryl methyl sites for hydroxylation is 2. The average Bonchev–Trinajstić information content (AvgIpc) is 2.59. The van der Waals surface area contributed by atoms with E-state index in [1.165, 1.54) is 42.4 Å². The zero-order valence-electron chi connectivity index (χ0n) is 16.1. The Labute approximate surface area is 145 Å². The molecule has 0 aliphatic carbocycles. The van der Waals surface area contributed by atoms with E-state index in [4.69, 9.17) is 0 Å². The van der Waals surface area contributed by atoms with Crippen LogP contribution >= 0.6 is 0 Å². The van der Waals surface area contributed by atoms with Gasteiger partial charge in [0.05, 0.1) is 0 Å². The summed E-state index contributed by atoms with van der Waals surface area (Å²) in [7, 11) is 0. The molecule has 0 fully saturated rings. The fourth-order valence-electron chi connectivity index (χ4n) is 2.54. The van der Waals surface area contributed by atoms with Gasteiger partial charge >= 0.3 is 0 Å². The lowest BCUT2D eigenvalue weighted by Crippen LogP contribution is -1.91. The second kappa shape index (κ2) is 14.1. The summed E-state index contributed by atoms with van der Waals surface area (Å²) < 4.78 is 0. The Hall–Kier alpha value is -1.56. The van der Waals surface area contributed by atoms with Crippen LogP contribution in [0.25, 0.3) is 0 Å². The van der Waals surface area contributed by atoms with Crippen molar-refractivity contribution in [3.63, 3.8) is 0 Å². The predicted molar refractivity (Wildman–Crippen MR) is 106 cm³/mol. The highest BCUT2D eigenvalue weighted by Gasteiger charge is 2.01. The molecule has 2 rings (SSSR count). The minimum Gasteiger partial charge on any atom is -0.0683 e. The SMILES string of the molecule is CC.CCCC(C)c1ccccc1.CCCc1cccc(C)c1. The van der Waals surface area contributed by atoms with Crippen LogP contribution < -0.4 is 0 Å². The lowest BCUT2D eigenvalue weighted by molar-refractivity contribution is 0.665. The average molecular weight is 313 g/mol. The van der Waals surface area contributed by atoms with Crippen molar-refractivity contribution in [1.82, 2.24) is 0 Å². The van der Waals surface area contributed by atoms with Crippen LogP contribution in [-0.2, 0) is 6.42 Å². The highest BCUT2D eigenvalue weighted by molar-refractivity contribution is 5.22. The summed E-state index contributed by atoms with van der Waals surface area (Å²) in [6.45, 7) is 12.9. The summed E-state index contributed by atoms with van der Waals surface area (Å²) in [5.74, 6) is 0.723. The van der Waals surface area contributed by atoms with Crippen LogP contribution in [0.15, 0.2) is 54.6 Å². The molecular weight excluding hydrogens is 276 g/mol. The van der Waals surface area contributed by atoms with E-state index in [2.05, 4.69) is 82.3 Å². The van der Waals surface area contributed by atoms with Crippen LogP contribution in [-0.4, -0.2) is 0 Å². The lowest BCUT2D eigenvalue weighted by atomic mass is 9.97. The fourth-order valence-corrected chi connectivity index (χ4v) is 2.54. The number of benzene rings is 2. The Morgan fingerprint density at radius 1 is 0.826 bits per heavy atom. The molecule has 0 radical (unpaired) electrons. The third kappa shape index (κ3) is 9.94. The van der Waals surface area contributed by atoms with E-state index < -0.39 is 0 Å². The largest absolute Gasteiger partial charge is 0.0683 e. The molecule has 23 heavy (non-hydrogen) atoms. The van der Waals surface area contributed by atoms with Gasteiger partial charge < -0.3 is 0 Å². The Morgan fingerprint density at radius 2 is 1.48 bits per heavy atom. The van der Waals surface area contributed by atoms with Gasteiger partial charge in [0.2, 0.25) is 0 Å². The molecule has 0 aliphatic heterocycles. The summed E-state index contributed by atoms with van der Waals surface area (Å²) in [6, 6.07) is 19.4. The molecule has 1 atom stereocenters. The van der Waals surface area contributed by atoms with Crippen LogP contribution in [0.2, 0.25) is 0 Å². The van der Waals surface area contributed by atoms with Crippen molar-refractivity contribution >= 4 is 0 Å². The maximum atomic E-state index is 2.29. The first-order valence-corrected chi connectivity index (χ1v) is 9.27. The van der Waals surface area contributed by atoms with Crippen molar-refractivity contribution < 1.29 is 0 Å². The van der Waals surface area contributed by atoms with Crippen molar-refractivity contribution in [1.29, 1.82) is 0 Å². The fraction of sp³-hybridized carbons (Fsp3) is 0.478. The van der Waals surface area contributed by atoms with Gasteiger partial charge in [0.15, 0.2) is 0 Å². The predicted octanol–water partition coefficient (Wildman–Crippen LogP) is 7.56. The standard InChI is InChI=1S/C11H16.C10H14.C2H6/c1-3-7-10(2)11-8-5-4-6-9-11;1-3-5-10-7-4-6-9(2)8-10;1-2/h4-6,8-10H,3,7H2,1-2H3;4,6-8H,3,5H2,1-2H3;1-2H3. The molecule has 0 N–H and O–H groups in total. The van der Waals surface area contributed by atoms with E-state index in [1.54, 1.807) is 0 Å². The van der Waals surface area contributed by atoms with E-state index in [0.717, 1.165) is 5.92 Å². The molecule has 0 spiro atoms. The summed E-state index contributed by atoms with van der Waals surface area (Å²) in [6.07, 6.45) is 5.02. The van der Waals surface area contributed by atoms with E-state index in [9.17, 15) is 0 Å². The molecule has 0 amide bonds. The monoisotopic (exact) mass is 312 g/mol. The van der Waals surface area contributed by atoms with Crippen molar-refractivity contribution in [3.8, 4) is 0 Å². The van der Waals surface area contributed by atoms with Gasteiger partial charge in [-0.25, -0.2) is 0 Å². The first-order valence-electron chi connectivity index (χ1n) is 9.27. The smallest absolute Gasteiger partial charge is 0.0190 e. The summed E-state index contributed by atoms with van der Waals surface area (Å²) in [5.41, 5.74) is 4.29. The Kier molecular flexibility index (Phi) is 13.1. The third-order valence-electron chi connectivity index (χ3n) is 3.71. The molecule has 0 heterocycles. The van der Waals surface area contributed by atoms with Crippen molar-refractivity contribution in [3.05, 3.63) is 71.3 Å². The van der Waals surface area contributed by atoms with Gasteiger partial charge in [-0.3, -0.25) is 0 Å². The van der Waals surface area contributed by atoms with E-state index in [0.29, 0.717) is 0 Å². The lowest BCUT2D eigenvalue weighted by Gasteiger charge is -2.08. The molecular formula is C23H36. The normalized spacial score (nSPS) is 10.7. The van der Waals surface area contributed by atoms with Gasteiger partial charge in [-0.2, -0.15) is 0 Å². The van der Waals surface area contributed by atoms with Crippen molar-refractivity contribution in [2.75, 3.05) is 0 Å². The maximum absolute atomic E-state index is 2.29. The summed E-state index contributed by atoms with van der Waals surface area (Å²) >= 11 is 0. The van der Waals surface area contributed by atoms with Gasteiger partial charge in [-0.05, 0) is 36.8 Å². The Morgan fingerprint density at radius 3 is 2.00 bits per heavy atom. The van der Waals surface area contributed by atoms with Gasteiger partial charge in [0.25, 0.3) is 0 Å². The van der Waals surface area contributed by atoms with E-state index in [1.807, 2.05) is 13.8 Å². The van der Waals surface area contributed by atoms with Gasteiger partial charge in [0.1, 0.15) is 0 Å². The minimum atomic E-state index is 0.723. The molecule has 0 aliphatic rings. The van der Waals surface area contributed by atoms with Gasteiger partial charge in [-0.1, -0.05) is 108 Å². The highest BCUT2D eigenvalue weighted by atomic mass is 14.1. The molecule has 1 unspecified atom stereocenters. The zero-order chi connectivity index (χ0) is 17.5. The molecule has 0 nitrogen and oxygen atoms in total. The highest BCUT2D eigenvalue weighted by Crippen LogP contribution is 2.19. The number of rotatable bonds is 5. The second-order valence-electron chi connectivity index (χ2n) is 5.84. The van der Waals surface area contributed by atoms with E-state index >= 15 is 0 Å². The van der Waals surface area contributed by atoms with E-state index in [-0.39, 0.29) is 0 Å². The van der Waals surface area contributed by atoms with Crippen molar-refractivity contribution in [2.24, 2.45) is 0 Å². The number of hydrogen-bond acceptors (Lipinski definition) is 0. The third-order valence-corrected chi connectivity index (χ3v) is 3.71. The second-order valence-corrected chi connectivity index (χ2v) is 5.84. The van der Waals surface area contributed by atoms with Crippen LogP contribution in [0.4, 0.5) is 0 Å². The zero-order valence-corrected chi connectivity index (χ0v) is 16.1. The quantitative estimate of drug-likeness (QED) is 0.534. The van der Waals surface area contributed by atoms with Crippen LogP contribution in [0.1, 0.15) is 76.5 Å². The molecule has 0 heteroatoms. The molecule has 0 saturated carbocycles. The summed E-state index contributed by atoms with van der Waals surface area (Å²) in [5, 5.41) is 0. The maximum Gasteiger partial charge on any atom is -0.0190 e. The first-order chi connectivity index (χ1) is 11.2. The molecule has 0 aromatic heterocycles. The Balaban J connectivity index is 0.000000381. The molecule has 2 aromatic rings. The first kappa shape index (κ1) is 21.4. The number of hydrogen-bond donors (Lipinski definition) is 0. The van der Waals surface area contributed by atoms with Gasteiger partial charge in [-0.15, -0.1) is 0 Å². The molecule has 2 aromatic carbocycles. The summed E-state index contributed by atoms with van der Waals surface area (Å²) in [4.78, 5) is 0. The molecule has 128 valence electrons. The van der Waals surface area contributed by atoms with Crippen LogP contribution in [0.3, 0.4) is 0 Å². The van der Waals surface area contributed by atoms with Crippen LogP contribution in [0, 0.1) is 6.92 Å². The Bertz CT molecular complexity index is 484. The molecule has 0 bridgehead atoms. The van der Waals surface area contributed by atoms with Gasteiger partial charge in [0, 0.05) is 0 Å². The van der Waals surface area contributed by atoms with Crippen molar-refractivity contribution in [2.45, 2.75) is 73.1 Å². The topological polar surface area (TPSA) is 0 Å². The minimum absolute atomic E-state index is 0.723. The van der Waals surface area contributed by atoms with Crippen LogP contribution in [0.5, 0.6) is 0 Å². The molecule has 0 saturated heterocycles.